The predicted molar refractivity (Wildman–Crippen MR) is 95.7 cm³/mol. The molecule has 0 bridgehead atoms. The monoisotopic (exact) mass is 336 g/mol. The number of carbonyl (C=O) groups excluding carboxylic acids is 1. The van der Waals surface area contributed by atoms with Crippen molar-refractivity contribution in [1.29, 1.82) is 0 Å². The van der Waals surface area contributed by atoms with E-state index in [9.17, 15) is 4.79 Å². The van der Waals surface area contributed by atoms with E-state index in [-0.39, 0.29) is 11.7 Å². The van der Waals surface area contributed by atoms with Crippen molar-refractivity contribution in [2.75, 3.05) is 13.2 Å². The molecule has 0 atom stereocenters. The molecular weight excluding hydrogens is 316 g/mol. The Kier molecular flexibility index (Phi) is 5.14. The van der Waals surface area contributed by atoms with Crippen LogP contribution in [0.1, 0.15) is 21.7 Å². The van der Waals surface area contributed by atoms with Crippen molar-refractivity contribution in [1.82, 2.24) is 10.5 Å². The van der Waals surface area contributed by atoms with Gasteiger partial charge in [0.25, 0.3) is 5.91 Å². The lowest BCUT2D eigenvalue weighted by Gasteiger charge is -2.08. The Morgan fingerprint density at radius 1 is 1.08 bits per heavy atom. The lowest BCUT2D eigenvalue weighted by Crippen LogP contribution is -2.27. The molecule has 0 radical (unpaired) electrons. The first-order valence-electron chi connectivity index (χ1n) is 8.13. The van der Waals surface area contributed by atoms with E-state index in [1.54, 1.807) is 6.07 Å². The number of aryl methyl sites for hydroxylation is 2. The maximum absolute atomic E-state index is 12.1. The third-order valence-electron chi connectivity index (χ3n) is 3.66. The molecule has 0 aliphatic rings. The molecule has 1 heterocycles. The number of carbonyl (C=O) groups is 1. The van der Waals surface area contributed by atoms with Crippen molar-refractivity contribution in [2.45, 2.75) is 13.8 Å². The largest absolute Gasteiger partial charge is 0.492 e. The fourth-order valence-electron chi connectivity index (χ4n) is 2.56. The van der Waals surface area contributed by atoms with Crippen molar-refractivity contribution < 1.29 is 14.1 Å². The smallest absolute Gasteiger partial charge is 0.290 e. The molecule has 3 rings (SSSR count). The zero-order valence-corrected chi connectivity index (χ0v) is 14.3. The average Bonchev–Trinajstić information content (AvgIpc) is 3.09. The Labute approximate surface area is 146 Å². The summed E-state index contributed by atoms with van der Waals surface area (Å²) in [4.78, 5) is 12.1. The number of hydrogen-bond donors (Lipinski definition) is 1. The molecule has 5 heteroatoms. The minimum Gasteiger partial charge on any atom is -0.492 e. The molecule has 0 saturated heterocycles. The van der Waals surface area contributed by atoms with E-state index < -0.39 is 0 Å². The number of rotatable bonds is 6. The van der Waals surface area contributed by atoms with Gasteiger partial charge < -0.3 is 14.6 Å². The number of hydrogen-bond acceptors (Lipinski definition) is 4. The summed E-state index contributed by atoms with van der Waals surface area (Å²) in [6.45, 7) is 4.81. The summed E-state index contributed by atoms with van der Waals surface area (Å²) in [6, 6.07) is 17.2. The second kappa shape index (κ2) is 7.66. The summed E-state index contributed by atoms with van der Waals surface area (Å²) in [5, 5.41) is 6.70. The number of nitrogens with one attached hydrogen (secondary N) is 1. The molecule has 3 aromatic rings. The van der Waals surface area contributed by atoms with E-state index in [2.05, 4.69) is 16.5 Å². The van der Waals surface area contributed by atoms with Gasteiger partial charge in [-0.05, 0) is 37.1 Å². The van der Waals surface area contributed by atoms with Crippen LogP contribution in [0.25, 0.3) is 11.3 Å². The highest BCUT2D eigenvalue weighted by molar-refractivity contribution is 5.92. The second-order valence-electron chi connectivity index (χ2n) is 5.87. The third-order valence-corrected chi connectivity index (χ3v) is 3.66. The summed E-state index contributed by atoms with van der Waals surface area (Å²) in [7, 11) is 0. The Morgan fingerprint density at radius 3 is 2.52 bits per heavy atom. The lowest BCUT2D eigenvalue weighted by molar-refractivity contribution is 0.0910. The van der Waals surface area contributed by atoms with Gasteiger partial charge in [-0.2, -0.15) is 0 Å². The van der Waals surface area contributed by atoms with Crippen LogP contribution in [0.3, 0.4) is 0 Å². The van der Waals surface area contributed by atoms with Gasteiger partial charge in [0.2, 0.25) is 5.76 Å². The molecule has 5 nitrogen and oxygen atoms in total. The van der Waals surface area contributed by atoms with E-state index in [0.29, 0.717) is 18.8 Å². The van der Waals surface area contributed by atoms with Crippen LogP contribution < -0.4 is 10.1 Å². The highest BCUT2D eigenvalue weighted by Gasteiger charge is 2.13. The van der Waals surface area contributed by atoms with Gasteiger partial charge in [-0.25, -0.2) is 0 Å². The highest BCUT2D eigenvalue weighted by Crippen LogP contribution is 2.18. The summed E-state index contributed by atoms with van der Waals surface area (Å²) in [5.41, 5.74) is 3.84. The highest BCUT2D eigenvalue weighted by atomic mass is 16.5. The molecule has 1 aromatic heterocycles. The van der Waals surface area contributed by atoms with Crippen molar-refractivity contribution in [2.24, 2.45) is 0 Å². The van der Waals surface area contributed by atoms with Crippen LogP contribution in [0, 0.1) is 13.8 Å². The molecule has 0 unspecified atom stereocenters. The van der Waals surface area contributed by atoms with Gasteiger partial charge in [0, 0.05) is 11.6 Å². The van der Waals surface area contributed by atoms with Crippen LogP contribution in [-0.2, 0) is 0 Å². The molecule has 1 amide bonds. The molecule has 128 valence electrons. The molecule has 2 aromatic carbocycles. The zero-order chi connectivity index (χ0) is 17.6. The molecule has 1 N–H and O–H groups in total. The van der Waals surface area contributed by atoms with Crippen LogP contribution >= 0.6 is 0 Å². The number of nitrogens with zero attached hydrogens (tertiary/aromatic N) is 1. The standard InChI is InChI=1S/C20H20N2O3/c1-14-10-15(2)12-17(11-14)24-9-8-21-20(23)19-13-18(22-25-19)16-6-4-3-5-7-16/h3-7,10-13H,8-9H2,1-2H3,(H,21,23). The summed E-state index contributed by atoms with van der Waals surface area (Å²) in [5.74, 6) is 0.682. The topological polar surface area (TPSA) is 64.4 Å². The summed E-state index contributed by atoms with van der Waals surface area (Å²) in [6.07, 6.45) is 0. The predicted octanol–water partition coefficient (Wildman–Crippen LogP) is 3.77. The van der Waals surface area contributed by atoms with Crippen molar-refractivity contribution in [3.05, 3.63) is 71.5 Å². The Hall–Kier alpha value is -3.08. The lowest BCUT2D eigenvalue weighted by atomic mass is 10.1. The maximum Gasteiger partial charge on any atom is 0.290 e. The van der Waals surface area contributed by atoms with Gasteiger partial charge in [-0.3, -0.25) is 4.79 Å². The molecule has 0 spiro atoms. The summed E-state index contributed by atoms with van der Waals surface area (Å²) < 4.78 is 10.8. The average molecular weight is 336 g/mol. The van der Waals surface area contributed by atoms with E-state index in [4.69, 9.17) is 9.26 Å². The van der Waals surface area contributed by atoms with Crippen LogP contribution in [0.2, 0.25) is 0 Å². The quantitative estimate of drug-likeness (QED) is 0.696. The summed E-state index contributed by atoms with van der Waals surface area (Å²) >= 11 is 0. The normalized spacial score (nSPS) is 10.5. The Bertz CT molecular complexity index is 836. The van der Waals surface area contributed by atoms with Gasteiger partial charge in [0.15, 0.2) is 0 Å². The van der Waals surface area contributed by atoms with E-state index >= 15 is 0 Å². The van der Waals surface area contributed by atoms with Gasteiger partial charge in [-0.1, -0.05) is 41.6 Å². The third kappa shape index (κ3) is 4.47. The van der Waals surface area contributed by atoms with Gasteiger partial charge >= 0.3 is 0 Å². The SMILES string of the molecule is Cc1cc(C)cc(OCCNC(=O)c2cc(-c3ccccc3)no2)c1. The first-order chi connectivity index (χ1) is 12.1. The minimum atomic E-state index is -0.307. The minimum absolute atomic E-state index is 0.185. The van der Waals surface area contributed by atoms with E-state index in [0.717, 1.165) is 22.4 Å². The number of amides is 1. The Morgan fingerprint density at radius 2 is 1.80 bits per heavy atom. The van der Waals surface area contributed by atoms with Gasteiger partial charge in [-0.15, -0.1) is 0 Å². The van der Waals surface area contributed by atoms with Crippen molar-refractivity contribution in [3.63, 3.8) is 0 Å². The number of benzene rings is 2. The molecule has 0 aliphatic carbocycles. The van der Waals surface area contributed by atoms with Crippen LogP contribution in [-0.4, -0.2) is 24.2 Å². The van der Waals surface area contributed by atoms with Crippen LogP contribution in [0.4, 0.5) is 0 Å². The van der Waals surface area contributed by atoms with Gasteiger partial charge in [0.1, 0.15) is 18.1 Å². The fraction of sp³-hybridized carbons (Fsp3) is 0.200. The molecule has 25 heavy (non-hydrogen) atoms. The second-order valence-corrected chi connectivity index (χ2v) is 5.87. The Balaban J connectivity index is 1.50. The first kappa shape index (κ1) is 16.8. The van der Waals surface area contributed by atoms with Crippen LogP contribution in [0.15, 0.2) is 59.1 Å². The number of ether oxygens (including phenoxy) is 1. The zero-order valence-electron chi connectivity index (χ0n) is 14.3. The van der Waals surface area contributed by atoms with E-state index in [1.807, 2.05) is 56.3 Å². The van der Waals surface area contributed by atoms with Crippen LogP contribution in [0.5, 0.6) is 5.75 Å². The molecule has 0 aliphatic heterocycles. The fourth-order valence-corrected chi connectivity index (χ4v) is 2.56. The first-order valence-corrected chi connectivity index (χ1v) is 8.13. The van der Waals surface area contributed by atoms with Gasteiger partial charge in [0.05, 0.1) is 6.54 Å². The molecule has 0 saturated carbocycles. The number of aromatic nitrogens is 1. The van der Waals surface area contributed by atoms with Crippen molar-refractivity contribution >= 4 is 5.91 Å². The van der Waals surface area contributed by atoms with E-state index in [1.165, 1.54) is 0 Å². The molecular formula is C20H20N2O3. The maximum atomic E-state index is 12.1. The molecule has 0 fully saturated rings. The van der Waals surface area contributed by atoms with Crippen molar-refractivity contribution in [3.8, 4) is 17.0 Å².